The fourth-order valence-corrected chi connectivity index (χ4v) is 1.91. The molecule has 0 aliphatic rings. The van der Waals surface area contributed by atoms with Gasteiger partial charge in [0.15, 0.2) is 17.4 Å². The molecule has 0 unspecified atom stereocenters. The van der Waals surface area contributed by atoms with Gasteiger partial charge in [0.25, 0.3) is 0 Å². The molecule has 0 saturated heterocycles. The van der Waals surface area contributed by atoms with E-state index >= 15 is 0 Å². The minimum atomic E-state index is -3.82. The van der Waals surface area contributed by atoms with Crippen LogP contribution in [0.25, 0.3) is 0 Å². The van der Waals surface area contributed by atoms with Gasteiger partial charge in [-0.3, -0.25) is 4.84 Å². The molecule has 0 bridgehead atoms. The van der Waals surface area contributed by atoms with Crippen molar-refractivity contribution in [2.45, 2.75) is 4.90 Å². The molecule has 0 heterocycles. The van der Waals surface area contributed by atoms with Crippen molar-refractivity contribution in [1.29, 1.82) is 0 Å². The SMILES string of the molecule is Cl.NOCS(=O)(=O)c1cccc(O)c1O. The Morgan fingerprint density at radius 1 is 1.33 bits per heavy atom. The van der Waals surface area contributed by atoms with Crippen LogP contribution in [0.3, 0.4) is 0 Å². The average molecular weight is 256 g/mol. The molecule has 86 valence electrons. The summed E-state index contributed by atoms with van der Waals surface area (Å²) in [6, 6.07) is 3.60. The van der Waals surface area contributed by atoms with Crippen molar-refractivity contribution in [1.82, 2.24) is 0 Å². The number of benzene rings is 1. The highest BCUT2D eigenvalue weighted by Gasteiger charge is 2.20. The number of rotatable bonds is 3. The van der Waals surface area contributed by atoms with Crippen molar-refractivity contribution in [2.24, 2.45) is 5.90 Å². The molecule has 0 spiro atoms. The predicted octanol–water partition coefficient (Wildman–Crippen LogP) is 0.141. The standard InChI is InChI=1S/C7H9NO5S.ClH/c8-13-4-14(11,12)6-3-1-2-5(9)7(6)10;/h1-3,9-10H,4,8H2;1H. The number of aromatic hydroxyl groups is 2. The van der Waals surface area contributed by atoms with E-state index in [-0.39, 0.29) is 12.4 Å². The van der Waals surface area contributed by atoms with Gasteiger partial charge in [-0.1, -0.05) is 6.07 Å². The van der Waals surface area contributed by atoms with Crippen LogP contribution in [-0.2, 0) is 14.7 Å². The van der Waals surface area contributed by atoms with E-state index in [2.05, 4.69) is 10.7 Å². The Bertz CT molecular complexity index is 433. The number of phenols is 2. The van der Waals surface area contributed by atoms with Gasteiger partial charge >= 0.3 is 0 Å². The van der Waals surface area contributed by atoms with Crippen molar-refractivity contribution in [2.75, 3.05) is 5.94 Å². The van der Waals surface area contributed by atoms with E-state index in [1.54, 1.807) is 0 Å². The second-order valence-corrected chi connectivity index (χ2v) is 4.43. The Labute approximate surface area is 92.6 Å². The number of nitrogens with two attached hydrogens (primary N) is 1. The summed E-state index contributed by atoms with van der Waals surface area (Å²) in [7, 11) is -3.82. The first kappa shape index (κ1) is 14.0. The van der Waals surface area contributed by atoms with E-state index in [9.17, 15) is 13.5 Å². The number of para-hydroxylation sites is 1. The zero-order valence-corrected chi connectivity index (χ0v) is 9.09. The maximum atomic E-state index is 11.3. The van der Waals surface area contributed by atoms with Crippen LogP contribution in [0, 0.1) is 0 Å². The van der Waals surface area contributed by atoms with Gasteiger partial charge in [-0.25, -0.2) is 14.3 Å². The summed E-state index contributed by atoms with van der Waals surface area (Å²) in [5.41, 5.74) is 0. The molecule has 1 rings (SSSR count). The summed E-state index contributed by atoms with van der Waals surface area (Å²) < 4.78 is 22.7. The zero-order chi connectivity index (χ0) is 10.8. The van der Waals surface area contributed by atoms with Gasteiger partial charge in [-0.05, 0) is 12.1 Å². The Kier molecular flexibility index (Phi) is 4.82. The van der Waals surface area contributed by atoms with E-state index in [1.165, 1.54) is 6.07 Å². The zero-order valence-electron chi connectivity index (χ0n) is 7.45. The van der Waals surface area contributed by atoms with Crippen LogP contribution in [-0.4, -0.2) is 24.6 Å². The summed E-state index contributed by atoms with van der Waals surface area (Å²) in [4.78, 5) is 3.56. The Hall–Kier alpha value is -1.02. The van der Waals surface area contributed by atoms with E-state index in [0.29, 0.717) is 0 Å². The fraction of sp³-hybridized carbons (Fsp3) is 0.143. The number of sulfone groups is 1. The lowest BCUT2D eigenvalue weighted by Gasteiger charge is -2.05. The van der Waals surface area contributed by atoms with Gasteiger partial charge in [-0.2, -0.15) is 0 Å². The van der Waals surface area contributed by atoms with Gasteiger partial charge in [0.1, 0.15) is 4.90 Å². The summed E-state index contributed by atoms with van der Waals surface area (Å²) >= 11 is 0. The van der Waals surface area contributed by atoms with E-state index in [4.69, 9.17) is 5.11 Å². The minimum absolute atomic E-state index is 0. The maximum absolute atomic E-state index is 11.3. The smallest absolute Gasteiger partial charge is 0.208 e. The van der Waals surface area contributed by atoms with E-state index in [0.717, 1.165) is 12.1 Å². The van der Waals surface area contributed by atoms with E-state index < -0.39 is 32.2 Å². The molecule has 0 radical (unpaired) electrons. The topological polar surface area (TPSA) is 110 Å². The molecule has 0 saturated carbocycles. The lowest BCUT2D eigenvalue weighted by atomic mass is 10.3. The first-order chi connectivity index (χ1) is 6.49. The van der Waals surface area contributed by atoms with E-state index in [1.807, 2.05) is 0 Å². The molecule has 6 nitrogen and oxygen atoms in total. The number of hydrogen-bond acceptors (Lipinski definition) is 6. The van der Waals surface area contributed by atoms with Crippen LogP contribution < -0.4 is 5.90 Å². The van der Waals surface area contributed by atoms with Crippen LogP contribution >= 0.6 is 12.4 Å². The molecule has 1 aromatic rings. The molecular weight excluding hydrogens is 246 g/mol. The first-order valence-corrected chi connectivity index (χ1v) is 5.19. The van der Waals surface area contributed by atoms with Crippen molar-refractivity contribution in [3.05, 3.63) is 18.2 Å². The lowest BCUT2D eigenvalue weighted by molar-refractivity contribution is 0.183. The molecule has 15 heavy (non-hydrogen) atoms. The Balaban J connectivity index is 0.00000196. The monoisotopic (exact) mass is 255 g/mol. The minimum Gasteiger partial charge on any atom is -0.504 e. The number of phenolic OH excluding ortho intramolecular Hbond substituents is 2. The highest BCUT2D eigenvalue weighted by atomic mass is 35.5. The van der Waals surface area contributed by atoms with Crippen molar-refractivity contribution in [3.63, 3.8) is 0 Å². The molecule has 4 N–H and O–H groups in total. The third-order valence-electron chi connectivity index (χ3n) is 1.54. The normalized spacial score (nSPS) is 10.7. The van der Waals surface area contributed by atoms with Crippen molar-refractivity contribution < 1.29 is 23.5 Å². The molecule has 0 fully saturated rings. The summed E-state index contributed by atoms with van der Waals surface area (Å²) in [5, 5.41) is 18.3. The third-order valence-corrected chi connectivity index (χ3v) is 2.98. The average Bonchev–Trinajstić information content (AvgIpc) is 2.09. The van der Waals surface area contributed by atoms with Gasteiger partial charge in [0, 0.05) is 0 Å². The predicted molar refractivity (Wildman–Crippen MR) is 54.3 cm³/mol. The van der Waals surface area contributed by atoms with Crippen molar-refractivity contribution >= 4 is 22.2 Å². The number of halogens is 1. The maximum Gasteiger partial charge on any atom is 0.208 e. The Morgan fingerprint density at radius 2 is 1.93 bits per heavy atom. The molecule has 8 heteroatoms. The second kappa shape index (κ2) is 5.17. The molecule has 0 aliphatic heterocycles. The van der Waals surface area contributed by atoms with Crippen LogP contribution in [0.2, 0.25) is 0 Å². The summed E-state index contributed by atoms with van der Waals surface area (Å²) in [6.45, 7) is 0. The van der Waals surface area contributed by atoms with Crippen LogP contribution in [0.4, 0.5) is 0 Å². The van der Waals surface area contributed by atoms with Gasteiger partial charge in [0.2, 0.25) is 9.84 Å². The Morgan fingerprint density at radius 3 is 2.47 bits per heavy atom. The van der Waals surface area contributed by atoms with Crippen LogP contribution in [0.5, 0.6) is 11.5 Å². The fourth-order valence-electron chi connectivity index (χ4n) is 0.915. The highest BCUT2D eigenvalue weighted by molar-refractivity contribution is 7.91. The molecule has 0 aromatic heterocycles. The van der Waals surface area contributed by atoms with Crippen LogP contribution in [0.1, 0.15) is 0 Å². The van der Waals surface area contributed by atoms with Crippen molar-refractivity contribution in [3.8, 4) is 11.5 Å². The quantitative estimate of drug-likeness (QED) is 0.524. The summed E-state index contributed by atoms with van der Waals surface area (Å²) in [6.07, 6.45) is 0. The largest absolute Gasteiger partial charge is 0.504 e. The van der Waals surface area contributed by atoms with Gasteiger partial charge in [-0.15, -0.1) is 12.4 Å². The third kappa shape index (κ3) is 2.96. The first-order valence-electron chi connectivity index (χ1n) is 3.54. The number of hydrogen-bond donors (Lipinski definition) is 3. The second-order valence-electron chi connectivity index (χ2n) is 2.52. The molecule has 1 aromatic carbocycles. The van der Waals surface area contributed by atoms with Gasteiger partial charge in [0.05, 0.1) is 0 Å². The highest BCUT2D eigenvalue weighted by Crippen LogP contribution is 2.31. The van der Waals surface area contributed by atoms with Gasteiger partial charge < -0.3 is 10.2 Å². The molecular formula is C7H10ClNO5S. The molecule has 0 atom stereocenters. The summed E-state index contributed by atoms with van der Waals surface area (Å²) in [5.74, 6) is 2.64. The lowest BCUT2D eigenvalue weighted by Crippen LogP contribution is -2.13. The molecule has 0 amide bonds. The molecule has 0 aliphatic carbocycles. The van der Waals surface area contributed by atoms with Crippen LogP contribution in [0.15, 0.2) is 23.1 Å².